The molecule has 0 bridgehead atoms. The zero-order valence-corrected chi connectivity index (χ0v) is 12.4. The van der Waals surface area contributed by atoms with Crippen molar-refractivity contribution in [2.75, 3.05) is 7.11 Å². The molecule has 0 saturated carbocycles. The second-order valence-corrected chi connectivity index (χ2v) is 4.92. The van der Waals surface area contributed by atoms with Gasteiger partial charge in [0.2, 0.25) is 0 Å². The molecule has 0 fully saturated rings. The van der Waals surface area contributed by atoms with E-state index in [1.54, 1.807) is 24.4 Å². The fourth-order valence-electron chi connectivity index (χ4n) is 2.09. The van der Waals surface area contributed by atoms with Crippen molar-refractivity contribution in [3.05, 3.63) is 47.0 Å². The van der Waals surface area contributed by atoms with Crippen LogP contribution in [0.2, 0.25) is 5.02 Å². The Kier molecular flexibility index (Phi) is 4.79. The van der Waals surface area contributed by atoms with Crippen LogP contribution in [-0.2, 0) is 13.0 Å². The summed E-state index contributed by atoms with van der Waals surface area (Å²) in [4.78, 5) is 16.6. The van der Waals surface area contributed by atoms with E-state index in [1.165, 1.54) is 7.11 Å². The summed E-state index contributed by atoms with van der Waals surface area (Å²) >= 11 is 5.90. The molecule has 2 aromatic rings. The van der Waals surface area contributed by atoms with Crippen LogP contribution in [0, 0.1) is 0 Å². The van der Waals surface area contributed by atoms with Gasteiger partial charge in [0.25, 0.3) is 0 Å². The molecule has 0 atom stereocenters. The number of carbonyl (C=O) groups excluding carboxylic acids is 1. The molecular weight excluding hydrogens is 276 g/mol. The van der Waals surface area contributed by atoms with E-state index in [9.17, 15) is 4.79 Å². The number of benzene rings is 1. The molecule has 0 saturated heterocycles. The summed E-state index contributed by atoms with van der Waals surface area (Å²) in [5.41, 5.74) is 0.531. The lowest BCUT2D eigenvalue weighted by Crippen LogP contribution is -2.11. The van der Waals surface area contributed by atoms with E-state index < -0.39 is 0 Å². The van der Waals surface area contributed by atoms with Crippen LogP contribution in [0.3, 0.4) is 0 Å². The number of ether oxygens (including phenoxy) is 1. The summed E-state index contributed by atoms with van der Waals surface area (Å²) in [6, 6.07) is 5.03. The van der Waals surface area contributed by atoms with E-state index in [0.29, 0.717) is 16.3 Å². The van der Waals surface area contributed by atoms with Crippen molar-refractivity contribution >= 4 is 17.4 Å². The topological polar surface area (TPSA) is 44.1 Å². The van der Waals surface area contributed by atoms with Gasteiger partial charge in [0.15, 0.2) is 5.78 Å². The van der Waals surface area contributed by atoms with Crippen LogP contribution in [0.25, 0.3) is 0 Å². The number of rotatable bonds is 6. The molecule has 0 aliphatic heterocycles. The summed E-state index contributed by atoms with van der Waals surface area (Å²) in [6.45, 7) is 2.95. The first-order valence-corrected chi connectivity index (χ1v) is 6.90. The minimum Gasteiger partial charge on any atom is -0.496 e. The second kappa shape index (κ2) is 6.57. The van der Waals surface area contributed by atoms with Crippen molar-refractivity contribution in [3.8, 4) is 5.75 Å². The number of aromatic nitrogens is 2. The minimum atomic E-state index is -0.0259. The lowest BCUT2D eigenvalue weighted by molar-refractivity contribution is 0.0986. The minimum absolute atomic E-state index is 0.0259. The highest BCUT2D eigenvalue weighted by molar-refractivity contribution is 6.30. The Morgan fingerprint density at radius 2 is 2.25 bits per heavy atom. The maximum Gasteiger partial charge on any atom is 0.174 e. The molecule has 1 aromatic carbocycles. The van der Waals surface area contributed by atoms with E-state index in [2.05, 4.69) is 11.9 Å². The number of carbonyl (C=O) groups is 1. The van der Waals surface area contributed by atoms with Crippen LogP contribution in [0.4, 0.5) is 0 Å². The van der Waals surface area contributed by atoms with Crippen molar-refractivity contribution in [2.24, 2.45) is 0 Å². The van der Waals surface area contributed by atoms with Crippen LogP contribution < -0.4 is 4.74 Å². The van der Waals surface area contributed by atoms with Crippen LogP contribution in [0.5, 0.6) is 5.75 Å². The maximum absolute atomic E-state index is 12.4. The maximum atomic E-state index is 12.4. The zero-order chi connectivity index (χ0) is 14.5. The highest BCUT2D eigenvalue weighted by Crippen LogP contribution is 2.24. The number of imidazole rings is 1. The molecule has 0 aliphatic carbocycles. The number of nitrogens with zero attached hydrogens (tertiary/aromatic N) is 2. The first-order chi connectivity index (χ1) is 9.65. The molecule has 0 amide bonds. The number of hydrogen-bond donors (Lipinski definition) is 0. The zero-order valence-electron chi connectivity index (χ0n) is 11.6. The van der Waals surface area contributed by atoms with E-state index in [-0.39, 0.29) is 12.2 Å². The third kappa shape index (κ3) is 3.20. The van der Waals surface area contributed by atoms with E-state index >= 15 is 0 Å². The number of halogens is 1. The summed E-state index contributed by atoms with van der Waals surface area (Å²) in [7, 11) is 1.53. The Balaban J connectivity index is 2.22. The van der Waals surface area contributed by atoms with Gasteiger partial charge in [0.1, 0.15) is 11.6 Å². The summed E-state index contributed by atoms with van der Waals surface area (Å²) < 4.78 is 7.21. The monoisotopic (exact) mass is 292 g/mol. The Morgan fingerprint density at radius 1 is 1.45 bits per heavy atom. The number of methoxy groups -OCH3 is 1. The molecule has 0 radical (unpaired) electrons. The largest absolute Gasteiger partial charge is 0.496 e. The molecule has 106 valence electrons. The smallest absolute Gasteiger partial charge is 0.174 e. The van der Waals surface area contributed by atoms with Gasteiger partial charge in [-0.25, -0.2) is 4.98 Å². The molecule has 5 heteroatoms. The fraction of sp³-hybridized carbons (Fsp3) is 0.333. The van der Waals surface area contributed by atoms with Gasteiger partial charge in [-0.3, -0.25) is 4.79 Å². The summed E-state index contributed by atoms with van der Waals surface area (Å²) in [5.74, 6) is 1.24. The molecule has 0 spiro atoms. The van der Waals surface area contributed by atoms with Crippen molar-refractivity contribution in [1.82, 2.24) is 9.55 Å². The quantitative estimate of drug-likeness (QED) is 0.767. The van der Waals surface area contributed by atoms with Crippen molar-refractivity contribution in [3.63, 3.8) is 0 Å². The van der Waals surface area contributed by atoms with Crippen molar-refractivity contribution in [1.29, 1.82) is 0 Å². The normalized spacial score (nSPS) is 10.6. The number of Topliss-reactive ketones (excluding diaryl/α,β-unsaturated/α-hetero) is 1. The van der Waals surface area contributed by atoms with E-state index in [4.69, 9.17) is 16.3 Å². The first-order valence-electron chi connectivity index (χ1n) is 6.52. The molecule has 0 aliphatic rings. The molecule has 4 nitrogen and oxygen atoms in total. The Labute approximate surface area is 123 Å². The molecule has 0 N–H and O–H groups in total. The number of ketones is 1. The van der Waals surface area contributed by atoms with Gasteiger partial charge in [0.05, 0.1) is 19.1 Å². The Morgan fingerprint density at radius 3 is 2.95 bits per heavy atom. The predicted octanol–water partition coefficient (Wildman–Crippen LogP) is 3.38. The SMILES string of the molecule is CCCn1ccnc1CC(=O)c1ccc(Cl)cc1OC. The van der Waals surface area contributed by atoms with Gasteiger partial charge < -0.3 is 9.30 Å². The molecule has 20 heavy (non-hydrogen) atoms. The third-order valence-corrected chi connectivity index (χ3v) is 3.28. The fourth-order valence-corrected chi connectivity index (χ4v) is 2.25. The van der Waals surface area contributed by atoms with Crippen molar-refractivity contribution in [2.45, 2.75) is 26.3 Å². The van der Waals surface area contributed by atoms with Gasteiger partial charge in [-0.05, 0) is 24.6 Å². The average Bonchev–Trinajstić information content (AvgIpc) is 2.86. The van der Waals surface area contributed by atoms with Crippen LogP contribution in [-0.4, -0.2) is 22.4 Å². The lowest BCUT2D eigenvalue weighted by Gasteiger charge is -2.09. The number of hydrogen-bond acceptors (Lipinski definition) is 3. The van der Waals surface area contributed by atoms with Crippen LogP contribution in [0.1, 0.15) is 29.5 Å². The van der Waals surface area contributed by atoms with Gasteiger partial charge >= 0.3 is 0 Å². The molecule has 0 unspecified atom stereocenters. The lowest BCUT2D eigenvalue weighted by atomic mass is 10.1. The Bertz CT molecular complexity index is 608. The first kappa shape index (κ1) is 14.6. The summed E-state index contributed by atoms with van der Waals surface area (Å²) in [5, 5.41) is 0.547. The molecule has 1 aromatic heterocycles. The Hall–Kier alpha value is -1.81. The van der Waals surface area contributed by atoms with E-state index in [0.717, 1.165) is 18.8 Å². The summed E-state index contributed by atoms with van der Waals surface area (Å²) in [6.07, 6.45) is 4.87. The van der Waals surface area contributed by atoms with Gasteiger partial charge in [-0.2, -0.15) is 0 Å². The molecule has 2 rings (SSSR count). The van der Waals surface area contributed by atoms with Gasteiger partial charge in [0, 0.05) is 24.0 Å². The second-order valence-electron chi connectivity index (χ2n) is 4.48. The molecule has 1 heterocycles. The predicted molar refractivity (Wildman–Crippen MR) is 78.6 cm³/mol. The highest BCUT2D eigenvalue weighted by Gasteiger charge is 2.15. The van der Waals surface area contributed by atoms with Gasteiger partial charge in [-0.15, -0.1) is 0 Å². The van der Waals surface area contributed by atoms with Crippen molar-refractivity contribution < 1.29 is 9.53 Å². The molecular formula is C15H17ClN2O2. The highest BCUT2D eigenvalue weighted by atomic mass is 35.5. The average molecular weight is 293 g/mol. The van der Waals surface area contributed by atoms with Crippen LogP contribution in [0.15, 0.2) is 30.6 Å². The number of aryl methyl sites for hydroxylation is 1. The van der Waals surface area contributed by atoms with E-state index in [1.807, 2.05) is 10.8 Å². The third-order valence-electron chi connectivity index (χ3n) is 3.05. The standard InChI is InChI=1S/C15H17ClN2O2/c1-3-7-18-8-6-17-15(18)10-13(19)12-5-4-11(16)9-14(12)20-2/h4-6,8-9H,3,7,10H2,1-2H3. The van der Waals surface area contributed by atoms with Crippen LogP contribution >= 0.6 is 11.6 Å². The van der Waals surface area contributed by atoms with Gasteiger partial charge in [-0.1, -0.05) is 18.5 Å².